The maximum absolute atomic E-state index is 12.7. The largest absolute Gasteiger partial charge is 0.416 e. The van der Waals surface area contributed by atoms with Crippen molar-refractivity contribution in [2.75, 3.05) is 23.4 Å². The summed E-state index contributed by atoms with van der Waals surface area (Å²) < 4.78 is 43.6. The minimum atomic E-state index is -4.44. The number of alkyl halides is 3. The van der Waals surface area contributed by atoms with E-state index in [9.17, 15) is 22.8 Å². The average molecular weight is 406 g/mol. The summed E-state index contributed by atoms with van der Waals surface area (Å²) in [5.74, 6) is -0.825. The Labute approximate surface area is 166 Å². The van der Waals surface area contributed by atoms with Gasteiger partial charge < -0.3 is 15.0 Å². The molecule has 2 amide bonds. The van der Waals surface area contributed by atoms with Crippen molar-refractivity contribution in [3.63, 3.8) is 0 Å². The monoisotopic (exact) mass is 406 g/mol. The summed E-state index contributed by atoms with van der Waals surface area (Å²) in [5.41, 5.74) is 1.31. The molecule has 0 saturated carbocycles. The number of ether oxygens (including phenoxy) is 1. The molecule has 8 heteroatoms. The maximum Gasteiger partial charge on any atom is 0.416 e. The summed E-state index contributed by atoms with van der Waals surface area (Å²) in [6, 6.07) is 11.7. The smallest absolute Gasteiger partial charge is 0.366 e. The van der Waals surface area contributed by atoms with E-state index in [1.807, 2.05) is 19.1 Å². The minimum absolute atomic E-state index is 0.175. The fraction of sp³-hybridized carbons (Fsp3) is 0.333. The second-order valence-corrected chi connectivity index (χ2v) is 6.70. The van der Waals surface area contributed by atoms with Crippen molar-refractivity contribution in [1.82, 2.24) is 0 Å². The third-order valence-corrected chi connectivity index (χ3v) is 4.70. The zero-order chi connectivity index (χ0) is 21.0. The van der Waals surface area contributed by atoms with Crippen LogP contribution in [0.25, 0.3) is 0 Å². The van der Waals surface area contributed by atoms with Crippen LogP contribution in [0.2, 0.25) is 0 Å². The lowest BCUT2D eigenvalue weighted by Gasteiger charge is -2.32. The van der Waals surface area contributed by atoms with Crippen LogP contribution < -0.4 is 10.2 Å². The Hall–Kier alpha value is -2.87. The van der Waals surface area contributed by atoms with Gasteiger partial charge in [0.15, 0.2) is 0 Å². The van der Waals surface area contributed by atoms with Crippen LogP contribution in [0.4, 0.5) is 24.5 Å². The molecule has 1 aliphatic rings. The van der Waals surface area contributed by atoms with Gasteiger partial charge in [-0.3, -0.25) is 9.59 Å². The summed E-state index contributed by atoms with van der Waals surface area (Å²) >= 11 is 0. The summed E-state index contributed by atoms with van der Waals surface area (Å²) in [6.07, 6.45) is -4.71. The van der Waals surface area contributed by atoms with Gasteiger partial charge in [0.1, 0.15) is 6.10 Å². The number of benzene rings is 2. The van der Waals surface area contributed by atoms with Crippen LogP contribution in [0, 0.1) is 0 Å². The number of carbonyl (C=O) groups excluding carboxylic acids is 2. The first-order chi connectivity index (χ1) is 13.8. The molecule has 0 aromatic heterocycles. The van der Waals surface area contributed by atoms with Gasteiger partial charge in [-0.05, 0) is 48.4 Å². The van der Waals surface area contributed by atoms with Crippen molar-refractivity contribution in [1.29, 1.82) is 0 Å². The quantitative estimate of drug-likeness (QED) is 0.816. The van der Waals surface area contributed by atoms with Crippen LogP contribution in [0.3, 0.4) is 0 Å². The Morgan fingerprint density at radius 3 is 2.38 bits per heavy atom. The second kappa shape index (κ2) is 8.65. The first-order valence-electron chi connectivity index (χ1n) is 9.27. The maximum atomic E-state index is 12.7. The molecule has 1 heterocycles. The fourth-order valence-corrected chi connectivity index (χ4v) is 3.08. The number of nitrogens with one attached hydrogen (secondary N) is 1. The first-order valence-corrected chi connectivity index (χ1v) is 9.27. The zero-order valence-corrected chi connectivity index (χ0v) is 15.8. The van der Waals surface area contributed by atoms with Crippen molar-refractivity contribution in [3.05, 3.63) is 59.7 Å². The normalized spacial score (nSPS) is 17.3. The fourth-order valence-electron chi connectivity index (χ4n) is 3.08. The molecule has 1 aliphatic heterocycles. The van der Waals surface area contributed by atoms with Crippen molar-refractivity contribution >= 4 is 23.2 Å². The Kier molecular flexibility index (Phi) is 6.22. The van der Waals surface area contributed by atoms with Gasteiger partial charge in [0, 0.05) is 17.9 Å². The molecular weight excluding hydrogens is 385 g/mol. The van der Waals surface area contributed by atoms with Gasteiger partial charge in [0.05, 0.1) is 18.6 Å². The lowest BCUT2D eigenvalue weighted by atomic mass is 10.1. The lowest BCUT2D eigenvalue weighted by Crippen LogP contribution is -2.49. The summed E-state index contributed by atoms with van der Waals surface area (Å²) in [6.45, 7) is 2.43. The molecule has 1 fully saturated rings. The van der Waals surface area contributed by atoms with Crippen LogP contribution in [-0.2, 0) is 26.9 Å². The number of aryl methyl sites for hydroxylation is 1. The first kappa shape index (κ1) is 20.9. The summed E-state index contributed by atoms with van der Waals surface area (Å²) in [5, 5.41) is 2.73. The molecule has 2 aromatic carbocycles. The van der Waals surface area contributed by atoms with E-state index in [0.717, 1.165) is 24.1 Å². The van der Waals surface area contributed by atoms with Gasteiger partial charge in [0.2, 0.25) is 5.91 Å². The van der Waals surface area contributed by atoms with Crippen LogP contribution in [0.5, 0.6) is 0 Å². The summed E-state index contributed by atoms with van der Waals surface area (Å²) in [7, 11) is 0. The molecule has 0 aliphatic carbocycles. The molecule has 154 valence electrons. The number of anilines is 2. The number of morpholine rings is 1. The topological polar surface area (TPSA) is 58.6 Å². The molecule has 5 nitrogen and oxygen atoms in total. The number of halogens is 3. The Bertz CT molecular complexity index is 864. The predicted molar refractivity (Wildman–Crippen MR) is 103 cm³/mol. The van der Waals surface area contributed by atoms with E-state index >= 15 is 0 Å². The highest BCUT2D eigenvalue weighted by atomic mass is 19.4. The van der Waals surface area contributed by atoms with E-state index in [0.29, 0.717) is 11.4 Å². The SMILES string of the molecule is CCc1ccc(NC(=O)CC2OCCN(c3ccc(C(F)(F)F)cc3)C2=O)cc1. The van der Waals surface area contributed by atoms with Gasteiger partial charge in [0.25, 0.3) is 5.91 Å². The number of nitrogens with zero attached hydrogens (tertiary/aromatic N) is 1. The van der Waals surface area contributed by atoms with Crippen molar-refractivity contribution in [2.45, 2.75) is 32.0 Å². The number of amides is 2. The van der Waals surface area contributed by atoms with Gasteiger partial charge >= 0.3 is 6.18 Å². The van der Waals surface area contributed by atoms with E-state index < -0.39 is 23.8 Å². The number of rotatable bonds is 5. The Morgan fingerprint density at radius 2 is 1.79 bits per heavy atom. The third kappa shape index (κ3) is 5.14. The van der Waals surface area contributed by atoms with Gasteiger partial charge in [-0.25, -0.2) is 0 Å². The van der Waals surface area contributed by atoms with E-state index in [-0.39, 0.29) is 25.5 Å². The third-order valence-electron chi connectivity index (χ3n) is 4.70. The van der Waals surface area contributed by atoms with Crippen LogP contribution >= 0.6 is 0 Å². The van der Waals surface area contributed by atoms with E-state index in [4.69, 9.17) is 4.74 Å². The highest BCUT2D eigenvalue weighted by molar-refractivity contribution is 6.01. The molecule has 1 atom stereocenters. The highest BCUT2D eigenvalue weighted by Gasteiger charge is 2.34. The molecule has 2 aromatic rings. The summed E-state index contributed by atoms with van der Waals surface area (Å²) in [4.78, 5) is 26.3. The Balaban J connectivity index is 1.63. The van der Waals surface area contributed by atoms with Gasteiger partial charge in [-0.15, -0.1) is 0 Å². The molecule has 29 heavy (non-hydrogen) atoms. The van der Waals surface area contributed by atoms with E-state index in [1.54, 1.807) is 12.1 Å². The molecular formula is C21H21F3N2O3. The molecule has 1 N–H and O–H groups in total. The van der Waals surface area contributed by atoms with Crippen molar-refractivity contribution in [3.8, 4) is 0 Å². The average Bonchev–Trinajstić information content (AvgIpc) is 2.69. The van der Waals surface area contributed by atoms with Crippen LogP contribution in [0.15, 0.2) is 48.5 Å². The molecule has 3 rings (SSSR count). The minimum Gasteiger partial charge on any atom is -0.366 e. The Morgan fingerprint density at radius 1 is 1.14 bits per heavy atom. The zero-order valence-electron chi connectivity index (χ0n) is 15.8. The molecule has 0 bridgehead atoms. The standard InChI is InChI=1S/C21H21F3N2O3/c1-2-14-3-7-16(8-4-14)25-19(27)13-18-20(28)26(11-12-29-18)17-9-5-15(6-10-17)21(22,23)24/h3-10,18H,2,11-13H2,1H3,(H,25,27). The number of carbonyl (C=O) groups is 2. The van der Waals surface area contributed by atoms with Gasteiger partial charge in [-0.1, -0.05) is 19.1 Å². The molecule has 1 unspecified atom stereocenters. The second-order valence-electron chi connectivity index (χ2n) is 6.70. The highest BCUT2D eigenvalue weighted by Crippen LogP contribution is 2.31. The molecule has 0 spiro atoms. The number of hydrogen-bond donors (Lipinski definition) is 1. The lowest BCUT2D eigenvalue weighted by molar-refractivity contribution is -0.137. The van der Waals surface area contributed by atoms with Crippen LogP contribution in [0.1, 0.15) is 24.5 Å². The molecule has 0 radical (unpaired) electrons. The van der Waals surface area contributed by atoms with Crippen molar-refractivity contribution in [2.24, 2.45) is 0 Å². The number of hydrogen-bond acceptors (Lipinski definition) is 3. The molecule has 1 saturated heterocycles. The van der Waals surface area contributed by atoms with Crippen LogP contribution in [-0.4, -0.2) is 31.1 Å². The van der Waals surface area contributed by atoms with E-state index in [2.05, 4.69) is 5.32 Å². The van der Waals surface area contributed by atoms with Crippen molar-refractivity contribution < 1.29 is 27.5 Å². The van der Waals surface area contributed by atoms with Gasteiger partial charge in [-0.2, -0.15) is 13.2 Å². The van der Waals surface area contributed by atoms with E-state index in [1.165, 1.54) is 17.0 Å². The predicted octanol–water partition coefficient (Wildman–Crippen LogP) is 4.03.